The lowest BCUT2D eigenvalue weighted by Crippen LogP contribution is -2.50. The molecule has 2 aromatic rings. The zero-order valence-corrected chi connectivity index (χ0v) is 17.5. The first-order valence-electron chi connectivity index (χ1n) is 9.59. The third-order valence-electron chi connectivity index (χ3n) is 5.11. The Bertz CT molecular complexity index is 889. The first-order chi connectivity index (χ1) is 13.2. The number of hydrogen-bond donors (Lipinski definition) is 0. The Hall–Kier alpha value is -2.12. The summed E-state index contributed by atoms with van der Waals surface area (Å²) in [6, 6.07) is 10.8. The SMILES string of the molecule is CC(C)(C)c1ccc(S(=O)(=O)N2CCN(C(=O)CCc3ccco3)CC2)cc1. The average molecular weight is 405 g/mol. The number of sulfonamides is 1. The molecular weight excluding hydrogens is 376 g/mol. The molecule has 152 valence electrons. The minimum absolute atomic E-state index is 0.0239. The van der Waals surface area contributed by atoms with Gasteiger partial charge in [-0.15, -0.1) is 0 Å². The predicted molar refractivity (Wildman–Crippen MR) is 108 cm³/mol. The Kier molecular flexibility index (Phi) is 5.95. The summed E-state index contributed by atoms with van der Waals surface area (Å²) in [4.78, 5) is 14.4. The number of amides is 1. The van der Waals surface area contributed by atoms with Gasteiger partial charge in [0.1, 0.15) is 5.76 Å². The van der Waals surface area contributed by atoms with Crippen molar-refractivity contribution in [1.82, 2.24) is 9.21 Å². The summed E-state index contributed by atoms with van der Waals surface area (Å²) in [5, 5.41) is 0. The van der Waals surface area contributed by atoms with Gasteiger partial charge in [0.2, 0.25) is 15.9 Å². The molecular formula is C21H28N2O4S. The smallest absolute Gasteiger partial charge is 0.243 e. The maximum atomic E-state index is 12.9. The van der Waals surface area contributed by atoms with Gasteiger partial charge in [-0.1, -0.05) is 32.9 Å². The van der Waals surface area contributed by atoms with Crippen LogP contribution in [0.4, 0.5) is 0 Å². The summed E-state index contributed by atoms with van der Waals surface area (Å²) < 4.78 is 32.6. The molecule has 0 atom stereocenters. The van der Waals surface area contributed by atoms with E-state index in [9.17, 15) is 13.2 Å². The van der Waals surface area contributed by atoms with Gasteiger partial charge >= 0.3 is 0 Å². The summed E-state index contributed by atoms with van der Waals surface area (Å²) >= 11 is 0. The highest BCUT2D eigenvalue weighted by Crippen LogP contribution is 2.25. The first-order valence-corrected chi connectivity index (χ1v) is 11.0. The Morgan fingerprint density at radius 1 is 1.04 bits per heavy atom. The van der Waals surface area contributed by atoms with Crippen molar-refractivity contribution in [3.63, 3.8) is 0 Å². The fourth-order valence-electron chi connectivity index (χ4n) is 3.30. The molecule has 1 aliphatic heterocycles. The molecule has 0 aliphatic carbocycles. The van der Waals surface area contributed by atoms with Crippen molar-refractivity contribution in [2.75, 3.05) is 26.2 Å². The second kappa shape index (κ2) is 8.09. The average Bonchev–Trinajstić information content (AvgIpc) is 3.19. The van der Waals surface area contributed by atoms with E-state index in [-0.39, 0.29) is 11.3 Å². The second-order valence-electron chi connectivity index (χ2n) is 8.14. The van der Waals surface area contributed by atoms with Crippen LogP contribution in [-0.2, 0) is 26.7 Å². The molecule has 0 unspecified atom stereocenters. The van der Waals surface area contributed by atoms with E-state index in [4.69, 9.17) is 4.42 Å². The molecule has 0 N–H and O–H groups in total. The number of rotatable bonds is 5. The molecule has 1 aliphatic rings. The summed E-state index contributed by atoms with van der Waals surface area (Å²) in [6.07, 6.45) is 2.52. The van der Waals surface area contributed by atoms with Crippen molar-refractivity contribution < 1.29 is 17.6 Å². The lowest BCUT2D eigenvalue weighted by Gasteiger charge is -2.34. The number of aryl methyl sites for hydroxylation is 1. The van der Waals surface area contributed by atoms with Gasteiger partial charge < -0.3 is 9.32 Å². The van der Waals surface area contributed by atoms with Crippen LogP contribution in [0.3, 0.4) is 0 Å². The van der Waals surface area contributed by atoms with E-state index in [0.29, 0.717) is 43.9 Å². The molecule has 1 fully saturated rings. The predicted octanol–water partition coefficient (Wildman–Crippen LogP) is 3.04. The van der Waals surface area contributed by atoms with Crippen LogP contribution in [0.2, 0.25) is 0 Å². The third-order valence-corrected chi connectivity index (χ3v) is 7.03. The summed E-state index contributed by atoms with van der Waals surface area (Å²) in [5.41, 5.74) is 1.07. The van der Waals surface area contributed by atoms with Crippen LogP contribution in [0.5, 0.6) is 0 Å². The highest BCUT2D eigenvalue weighted by molar-refractivity contribution is 7.89. The summed E-state index contributed by atoms with van der Waals surface area (Å²) in [6.45, 7) is 7.74. The molecule has 1 amide bonds. The van der Waals surface area contributed by atoms with E-state index in [2.05, 4.69) is 20.8 Å². The van der Waals surface area contributed by atoms with Gasteiger partial charge in [0.05, 0.1) is 11.2 Å². The Morgan fingerprint density at radius 3 is 2.21 bits per heavy atom. The van der Waals surface area contributed by atoms with Crippen LogP contribution in [0.1, 0.15) is 38.5 Å². The summed E-state index contributed by atoms with van der Waals surface area (Å²) in [7, 11) is -3.54. The van der Waals surface area contributed by atoms with Gasteiger partial charge in [-0.25, -0.2) is 8.42 Å². The second-order valence-corrected chi connectivity index (χ2v) is 10.1. The van der Waals surface area contributed by atoms with Crippen LogP contribution in [0, 0.1) is 0 Å². The molecule has 0 radical (unpaired) electrons. The quantitative estimate of drug-likeness (QED) is 0.768. The highest BCUT2D eigenvalue weighted by Gasteiger charge is 2.30. The van der Waals surface area contributed by atoms with Gasteiger partial charge in [0.25, 0.3) is 0 Å². The van der Waals surface area contributed by atoms with Crippen LogP contribution >= 0.6 is 0 Å². The standard InChI is InChI=1S/C21H28N2O4S/c1-21(2,3)17-6-9-19(10-7-17)28(25,26)23-14-12-22(13-15-23)20(24)11-8-18-5-4-16-27-18/h4-7,9-10,16H,8,11-15H2,1-3H3. The molecule has 6 nitrogen and oxygen atoms in total. The molecule has 1 aromatic carbocycles. The van der Waals surface area contributed by atoms with E-state index in [1.807, 2.05) is 18.2 Å². The monoisotopic (exact) mass is 404 g/mol. The highest BCUT2D eigenvalue weighted by atomic mass is 32.2. The molecule has 28 heavy (non-hydrogen) atoms. The molecule has 2 heterocycles. The number of benzene rings is 1. The maximum Gasteiger partial charge on any atom is 0.243 e. The van der Waals surface area contributed by atoms with Gasteiger partial charge in [0.15, 0.2) is 0 Å². The lowest BCUT2D eigenvalue weighted by atomic mass is 9.87. The van der Waals surface area contributed by atoms with Crippen molar-refractivity contribution >= 4 is 15.9 Å². The maximum absolute atomic E-state index is 12.9. The molecule has 7 heteroatoms. The number of nitrogens with zero attached hydrogens (tertiary/aromatic N) is 2. The van der Waals surface area contributed by atoms with Crippen molar-refractivity contribution in [3.05, 3.63) is 54.0 Å². The lowest BCUT2D eigenvalue weighted by molar-refractivity contribution is -0.132. The zero-order valence-electron chi connectivity index (χ0n) is 16.7. The van der Waals surface area contributed by atoms with Crippen LogP contribution < -0.4 is 0 Å². The molecule has 1 saturated heterocycles. The van der Waals surface area contributed by atoms with Crippen LogP contribution in [-0.4, -0.2) is 49.7 Å². The van der Waals surface area contributed by atoms with Crippen molar-refractivity contribution in [2.45, 2.75) is 43.9 Å². The molecule has 3 rings (SSSR count). The van der Waals surface area contributed by atoms with Crippen molar-refractivity contribution in [3.8, 4) is 0 Å². The number of furan rings is 1. The normalized spacial score (nSPS) is 16.3. The van der Waals surface area contributed by atoms with E-state index in [1.54, 1.807) is 29.4 Å². The summed E-state index contributed by atoms with van der Waals surface area (Å²) in [5.74, 6) is 0.816. The van der Waals surface area contributed by atoms with Gasteiger partial charge in [-0.3, -0.25) is 4.79 Å². The van der Waals surface area contributed by atoms with E-state index in [0.717, 1.165) is 11.3 Å². The molecule has 0 saturated carbocycles. The Balaban J connectivity index is 1.58. The molecule has 1 aromatic heterocycles. The van der Waals surface area contributed by atoms with Gasteiger partial charge in [0, 0.05) is 39.0 Å². The molecule has 0 bridgehead atoms. The van der Waals surface area contributed by atoms with Gasteiger partial charge in [-0.05, 0) is 35.2 Å². The fourth-order valence-corrected chi connectivity index (χ4v) is 4.72. The molecule has 0 spiro atoms. The minimum atomic E-state index is -3.54. The van der Waals surface area contributed by atoms with Gasteiger partial charge in [-0.2, -0.15) is 4.31 Å². The fraction of sp³-hybridized carbons (Fsp3) is 0.476. The van der Waals surface area contributed by atoms with Crippen LogP contribution in [0.25, 0.3) is 0 Å². The van der Waals surface area contributed by atoms with E-state index >= 15 is 0 Å². The largest absolute Gasteiger partial charge is 0.469 e. The number of carbonyl (C=O) groups excluding carboxylic acids is 1. The van der Waals surface area contributed by atoms with Crippen molar-refractivity contribution in [1.29, 1.82) is 0 Å². The zero-order chi connectivity index (χ0) is 20.4. The topological polar surface area (TPSA) is 70.8 Å². The Labute approximate surface area is 167 Å². The van der Waals surface area contributed by atoms with Crippen molar-refractivity contribution in [2.24, 2.45) is 0 Å². The number of carbonyl (C=O) groups is 1. The number of hydrogen-bond acceptors (Lipinski definition) is 4. The number of piperazine rings is 1. The third kappa shape index (κ3) is 4.64. The minimum Gasteiger partial charge on any atom is -0.469 e. The Morgan fingerprint density at radius 2 is 1.68 bits per heavy atom. The van der Waals surface area contributed by atoms with E-state index in [1.165, 1.54) is 4.31 Å². The van der Waals surface area contributed by atoms with E-state index < -0.39 is 10.0 Å². The first kappa shape index (κ1) is 20.6. The van der Waals surface area contributed by atoms with Crippen LogP contribution in [0.15, 0.2) is 52.0 Å².